The van der Waals surface area contributed by atoms with Crippen molar-refractivity contribution in [3.63, 3.8) is 0 Å². The molecular weight excluding hydrogens is 456 g/mol. The van der Waals surface area contributed by atoms with Gasteiger partial charge in [-0.15, -0.1) is 0 Å². The minimum Gasteiger partial charge on any atom is -0.312 e. The van der Waals surface area contributed by atoms with E-state index in [1.165, 1.54) is 18.5 Å². The number of carbonyl (C=O) groups excluding carboxylic acids is 1. The summed E-state index contributed by atoms with van der Waals surface area (Å²) in [5, 5.41) is 11.0. The molecule has 1 aliphatic rings. The summed E-state index contributed by atoms with van der Waals surface area (Å²) in [5.74, 6) is -1.21. The minimum absolute atomic E-state index is 0.126. The van der Waals surface area contributed by atoms with Crippen molar-refractivity contribution in [3.8, 4) is 5.69 Å². The third-order valence-corrected chi connectivity index (χ3v) is 5.98. The molecule has 170 valence electrons. The highest BCUT2D eigenvalue weighted by Crippen LogP contribution is 2.46. The third-order valence-electron chi connectivity index (χ3n) is 5.79. The number of halogens is 3. The number of amides is 1. The molecule has 4 aromatic heterocycles. The van der Waals surface area contributed by atoms with Crippen molar-refractivity contribution >= 4 is 29.0 Å². The Balaban J connectivity index is 1.51. The molecule has 4 aromatic rings. The summed E-state index contributed by atoms with van der Waals surface area (Å²) in [7, 11) is 0. The second kappa shape index (κ2) is 7.48. The van der Waals surface area contributed by atoms with Gasteiger partial charge in [-0.25, -0.2) is 23.0 Å². The number of rotatable bonds is 4. The number of carbonyl (C=O) groups is 1. The zero-order valence-electron chi connectivity index (χ0n) is 17.5. The number of anilines is 1. The summed E-state index contributed by atoms with van der Waals surface area (Å²) in [5.41, 5.74) is -0.0486. The van der Waals surface area contributed by atoms with E-state index in [4.69, 9.17) is 11.6 Å². The maximum atomic E-state index is 13.7. The lowest BCUT2D eigenvalue weighted by molar-refractivity contribution is -0.117. The summed E-state index contributed by atoms with van der Waals surface area (Å²) in [6.07, 6.45) is 1.86. The van der Waals surface area contributed by atoms with Crippen LogP contribution >= 0.6 is 11.6 Å². The normalized spacial score (nSPS) is 17.0. The van der Waals surface area contributed by atoms with Crippen LogP contribution < -0.4 is 10.9 Å². The van der Waals surface area contributed by atoms with Crippen molar-refractivity contribution in [2.45, 2.75) is 38.0 Å². The van der Waals surface area contributed by atoms with Gasteiger partial charge in [0.05, 0.1) is 17.2 Å². The lowest BCUT2D eigenvalue weighted by atomic mass is 9.88. The van der Waals surface area contributed by atoms with E-state index in [1.807, 2.05) is 13.8 Å². The van der Waals surface area contributed by atoms with Gasteiger partial charge in [0.15, 0.2) is 10.8 Å². The molecule has 5 rings (SSSR count). The van der Waals surface area contributed by atoms with E-state index in [1.54, 1.807) is 16.8 Å². The first-order valence-corrected chi connectivity index (χ1v) is 10.4. The van der Waals surface area contributed by atoms with Crippen molar-refractivity contribution in [1.29, 1.82) is 0 Å². The number of nitrogens with zero attached hydrogens (tertiary/aromatic N) is 5. The van der Waals surface area contributed by atoms with Gasteiger partial charge in [-0.05, 0) is 18.6 Å². The highest BCUT2D eigenvalue weighted by Gasteiger charge is 2.43. The number of fused-ring (bicyclic) bond motifs is 3. The predicted octanol–water partition coefficient (Wildman–Crippen LogP) is 3.60. The lowest BCUT2D eigenvalue weighted by Gasteiger charge is -2.19. The summed E-state index contributed by atoms with van der Waals surface area (Å²) >= 11 is 6.04. The van der Waals surface area contributed by atoms with Gasteiger partial charge in [0, 0.05) is 35.6 Å². The fraction of sp³-hybridized carbons (Fsp3) is 0.286. The Kier molecular flexibility index (Phi) is 4.82. The van der Waals surface area contributed by atoms with E-state index in [9.17, 15) is 18.4 Å². The summed E-state index contributed by atoms with van der Waals surface area (Å²) in [4.78, 5) is 32.6. The van der Waals surface area contributed by atoms with Crippen molar-refractivity contribution in [1.82, 2.24) is 29.4 Å². The van der Waals surface area contributed by atoms with Crippen LogP contribution in [0.25, 0.3) is 11.3 Å². The van der Waals surface area contributed by atoms with Crippen LogP contribution in [0.1, 0.15) is 49.4 Å². The molecule has 0 fully saturated rings. The Labute approximate surface area is 190 Å². The Morgan fingerprint density at radius 2 is 2.15 bits per heavy atom. The Morgan fingerprint density at radius 3 is 2.85 bits per heavy atom. The van der Waals surface area contributed by atoms with Crippen LogP contribution in [0.5, 0.6) is 0 Å². The molecule has 0 spiro atoms. The fourth-order valence-corrected chi connectivity index (χ4v) is 4.64. The number of hydrogen-bond donors (Lipinski definition) is 2. The smallest absolute Gasteiger partial charge is 0.275 e. The molecule has 1 amide bonds. The monoisotopic (exact) mass is 473 g/mol. The molecule has 9 nitrogen and oxygen atoms in total. The number of H-pyrrole nitrogens is 1. The van der Waals surface area contributed by atoms with Gasteiger partial charge >= 0.3 is 0 Å². The minimum atomic E-state index is -2.95. The van der Waals surface area contributed by atoms with Crippen molar-refractivity contribution in [2.75, 3.05) is 5.32 Å². The van der Waals surface area contributed by atoms with Crippen LogP contribution in [-0.2, 0) is 10.2 Å². The maximum absolute atomic E-state index is 13.7. The van der Waals surface area contributed by atoms with Crippen LogP contribution in [0.3, 0.4) is 0 Å². The molecule has 0 aliphatic heterocycles. The average molecular weight is 474 g/mol. The van der Waals surface area contributed by atoms with E-state index in [0.29, 0.717) is 17.6 Å². The van der Waals surface area contributed by atoms with Gasteiger partial charge in [0.2, 0.25) is 5.91 Å². The van der Waals surface area contributed by atoms with E-state index >= 15 is 0 Å². The predicted molar refractivity (Wildman–Crippen MR) is 116 cm³/mol. The zero-order valence-corrected chi connectivity index (χ0v) is 18.3. The van der Waals surface area contributed by atoms with Crippen molar-refractivity contribution < 1.29 is 13.6 Å². The number of alkyl halides is 2. The molecule has 0 aromatic carbocycles. The molecular formula is C21H18ClF2N7O2. The standard InChI is InChI=1S/C21H18ClF2N7O2/c1-21(2)8-11(12-9-25-15-7-13(22)29-31(15)17(12)21)19(32)27-14-6-10(18(23)24)16(20(33)28-14)30-5-3-4-26-30/h3-7,9,11,18H,8H2,1-2H3,(H2,27,28,32,33). The van der Waals surface area contributed by atoms with Crippen LogP contribution in [0, 0.1) is 0 Å². The van der Waals surface area contributed by atoms with Crippen LogP contribution in [0.4, 0.5) is 14.6 Å². The molecule has 0 radical (unpaired) electrons. The topological polar surface area (TPSA) is 110 Å². The van der Waals surface area contributed by atoms with E-state index in [2.05, 4.69) is 25.5 Å². The highest BCUT2D eigenvalue weighted by atomic mass is 35.5. The molecule has 0 saturated heterocycles. The zero-order chi connectivity index (χ0) is 23.5. The van der Waals surface area contributed by atoms with Gasteiger partial charge in [-0.3, -0.25) is 9.59 Å². The summed E-state index contributed by atoms with van der Waals surface area (Å²) in [6.45, 7) is 3.95. The Hall–Kier alpha value is -3.60. The van der Waals surface area contributed by atoms with Gasteiger partial charge in [0.1, 0.15) is 11.5 Å². The van der Waals surface area contributed by atoms with Crippen molar-refractivity contribution in [3.05, 3.63) is 69.1 Å². The lowest BCUT2D eigenvalue weighted by Crippen LogP contribution is -2.25. The molecule has 1 atom stereocenters. The van der Waals surface area contributed by atoms with Crippen LogP contribution in [-0.4, -0.2) is 35.3 Å². The van der Waals surface area contributed by atoms with Gasteiger partial charge in [-0.1, -0.05) is 25.4 Å². The first kappa shape index (κ1) is 21.3. The second-order valence-electron chi connectivity index (χ2n) is 8.50. The number of nitrogens with one attached hydrogen (secondary N) is 2. The largest absolute Gasteiger partial charge is 0.312 e. The van der Waals surface area contributed by atoms with Crippen LogP contribution in [0.15, 0.2) is 41.6 Å². The molecule has 0 bridgehead atoms. The van der Waals surface area contributed by atoms with Crippen molar-refractivity contribution in [2.24, 2.45) is 0 Å². The maximum Gasteiger partial charge on any atom is 0.275 e. The first-order chi connectivity index (χ1) is 15.7. The first-order valence-electron chi connectivity index (χ1n) is 10.1. The number of aromatic amines is 1. The molecule has 12 heteroatoms. The molecule has 4 heterocycles. The average Bonchev–Trinajstić information content (AvgIpc) is 3.44. The molecule has 1 aliphatic carbocycles. The fourth-order valence-electron chi connectivity index (χ4n) is 4.47. The Morgan fingerprint density at radius 1 is 1.36 bits per heavy atom. The van der Waals surface area contributed by atoms with E-state index in [0.717, 1.165) is 16.4 Å². The van der Waals surface area contributed by atoms with E-state index in [-0.39, 0.29) is 16.7 Å². The molecule has 0 saturated carbocycles. The van der Waals surface area contributed by atoms with Crippen LogP contribution in [0.2, 0.25) is 5.15 Å². The van der Waals surface area contributed by atoms with E-state index < -0.39 is 34.8 Å². The summed E-state index contributed by atoms with van der Waals surface area (Å²) < 4.78 is 30.2. The van der Waals surface area contributed by atoms with Gasteiger partial charge in [0.25, 0.3) is 12.0 Å². The third kappa shape index (κ3) is 3.48. The molecule has 1 unspecified atom stereocenters. The van der Waals surface area contributed by atoms with Gasteiger partial charge in [-0.2, -0.15) is 10.2 Å². The SMILES string of the molecule is CC1(C)CC(C(=O)Nc2cc(C(F)F)c(-n3cccn3)c(=O)[nH]2)c2cnc3cc(Cl)nn3c21. The molecule has 33 heavy (non-hydrogen) atoms. The number of aromatic nitrogens is 6. The number of pyridine rings is 1. The highest BCUT2D eigenvalue weighted by molar-refractivity contribution is 6.29. The Bertz CT molecular complexity index is 1440. The molecule has 2 N–H and O–H groups in total. The second-order valence-corrected chi connectivity index (χ2v) is 8.88. The number of hydrogen-bond acceptors (Lipinski definition) is 5. The van der Waals surface area contributed by atoms with Gasteiger partial charge < -0.3 is 10.3 Å². The summed E-state index contributed by atoms with van der Waals surface area (Å²) in [6, 6.07) is 4.20. The quantitative estimate of drug-likeness (QED) is 0.470.